The highest BCUT2D eigenvalue weighted by atomic mass is 16.4. The average Bonchev–Trinajstić information content (AvgIpc) is 2.99. The smallest absolute Gasteiger partial charge is 0.308 e. The van der Waals surface area contributed by atoms with Crippen LogP contribution in [0.1, 0.15) is 6.42 Å². The molecule has 2 atom stereocenters. The Hall–Kier alpha value is -2.04. The van der Waals surface area contributed by atoms with Gasteiger partial charge in [-0.15, -0.1) is 0 Å². The lowest BCUT2D eigenvalue weighted by Crippen LogP contribution is -2.23. The zero-order valence-electron chi connectivity index (χ0n) is 9.33. The van der Waals surface area contributed by atoms with Gasteiger partial charge in [0.05, 0.1) is 5.92 Å². The minimum atomic E-state index is -0.720. The van der Waals surface area contributed by atoms with E-state index in [1.54, 1.807) is 0 Å². The standard InChI is InChI=1S/C12H12N2O3/c1-14(10-5-8(10)12(15)16)7-2-3-9-11(4-7)17-6-13-9/h2-4,6,8,10H,5H2,1H3,(H,15,16). The monoisotopic (exact) mass is 232 g/mol. The number of benzene rings is 1. The molecule has 0 amide bonds. The molecule has 5 heteroatoms. The van der Waals surface area contributed by atoms with Gasteiger partial charge in [-0.05, 0) is 18.6 Å². The maximum absolute atomic E-state index is 10.8. The van der Waals surface area contributed by atoms with Gasteiger partial charge in [0.25, 0.3) is 0 Å². The molecule has 88 valence electrons. The van der Waals surface area contributed by atoms with Gasteiger partial charge < -0.3 is 14.4 Å². The van der Waals surface area contributed by atoms with Crippen molar-refractivity contribution in [2.24, 2.45) is 5.92 Å². The third-order valence-corrected chi connectivity index (χ3v) is 3.29. The van der Waals surface area contributed by atoms with E-state index >= 15 is 0 Å². The van der Waals surface area contributed by atoms with E-state index in [4.69, 9.17) is 9.52 Å². The lowest BCUT2D eigenvalue weighted by Gasteiger charge is -2.18. The van der Waals surface area contributed by atoms with Gasteiger partial charge in [-0.2, -0.15) is 0 Å². The lowest BCUT2D eigenvalue weighted by molar-refractivity contribution is -0.138. The van der Waals surface area contributed by atoms with Crippen molar-refractivity contribution in [1.82, 2.24) is 4.98 Å². The summed E-state index contributed by atoms with van der Waals surface area (Å²) in [4.78, 5) is 16.9. The maximum atomic E-state index is 10.8. The first-order valence-corrected chi connectivity index (χ1v) is 5.45. The van der Waals surface area contributed by atoms with Gasteiger partial charge in [-0.1, -0.05) is 0 Å². The van der Waals surface area contributed by atoms with Crippen molar-refractivity contribution in [2.45, 2.75) is 12.5 Å². The summed E-state index contributed by atoms with van der Waals surface area (Å²) in [5.74, 6) is -0.965. The summed E-state index contributed by atoms with van der Waals surface area (Å²) in [5.41, 5.74) is 2.50. The van der Waals surface area contributed by atoms with Gasteiger partial charge >= 0.3 is 5.97 Å². The molecule has 0 radical (unpaired) electrons. The van der Waals surface area contributed by atoms with E-state index in [0.717, 1.165) is 16.8 Å². The van der Waals surface area contributed by atoms with Crippen molar-refractivity contribution < 1.29 is 14.3 Å². The van der Waals surface area contributed by atoms with Crippen LogP contribution in [-0.4, -0.2) is 29.1 Å². The summed E-state index contributed by atoms with van der Waals surface area (Å²) in [7, 11) is 1.91. The number of aliphatic carboxylic acids is 1. The first kappa shape index (κ1) is 10.1. The molecule has 1 N–H and O–H groups in total. The highest BCUT2D eigenvalue weighted by molar-refractivity contribution is 5.79. The number of anilines is 1. The second kappa shape index (κ2) is 3.48. The SMILES string of the molecule is CN(c1ccc2ncoc2c1)C1CC1C(=O)O. The molecule has 2 aromatic rings. The molecule has 1 fully saturated rings. The summed E-state index contributed by atoms with van der Waals surface area (Å²) in [6.07, 6.45) is 2.12. The predicted octanol–water partition coefficient (Wildman–Crippen LogP) is 1.74. The molecule has 0 saturated heterocycles. The van der Waals surface area contributed by atoms with E-state index in [1.807, 2.05) is 30.1 Å². The van der Waals surface area contributed by atoms with Crippen LogP contribution in [0.4, 0.5) is 5.69 Å². The number of oxazole rings is 1. The molecule has 0 bridgehead atoms. The van der Waals surface area contributed by atoms with Gasteiger partial charge in [-0.3, -0.25) is 4.79 Å². The number of nitrogens with zero attached hydrogens (tertiary/aromatic N) is 2. The minimum Gasteiger partial charge on any atom is -0.481 e. The quantitative estimate of drug-likeness (QED) is 0.873. The Kier molecular flexibility index (Phi) is 2.07. The summed E-state index contributed by atoms with van der Waals surface area (Å²) in [6, 6.07) is 5.79. The molecule has 5 nitrogen and oxygen atoms in total. The fraction of sp³-hybridized carbons (Fsp3) is 0.333. The number of carboxylic acids is 1. The Morgan fingerprint density at radius 3 is 3.12 bits per heavy atom. The van der Waals surface area contributed by atoms with E-state index in [0.29, 0.717) is 6.42 Å². The fourth-order valence-corrected chi connectivity index (χ4v) is 2.13. The van der Waals surface area contributed by atoms with Crippen molar-refractivity contribution >= 4 is 22.8 Å². The first-order chi connectivity index (χ1) is 8.16. The molecule has 17 heavy (non-hydrogen) atoms. The second-order valence-electron chi connectivity index (χ2n) is 4.36. The van der Waals surface area contributed by atoms with Gasteiger partial charge in [0.1, 0.15) is 5.52 Å². The summed E-state index contributed by atoms with van der Waals surface area (Å²) in [6.45, 7) is 0. The molecule has 1 saturated carbocycles. The van der Waals surface area contributed by atoms with E-state index < -0.39 is 5.97 Å². The highest BCUT2D eigenvalue weighted by Crippen LogP contribution is 2.38. The van der Waals surface area contributed by atoms with Crippen molar-refractivity contribution in [3.63, 3.8) is 0 Å². The molecule has 1 heterocycles. The summed E-state index contributed by atoms with van der Waals surface area (Å²) in [5, 5.41) is 8.90. The number of hydrogen-bond donors (Lipinski definition) is 1. The number of fused-ring (bicyclic) bond motifs is 1. The molecule has 1 aliphatic carbocycles. The second-order valence-corrected chi connectivity index (χ2v) is 4.36. The molecular weight excluding hydrogens is 220 g/mol. The zero-order valence-corrected chi connectivity index (χ0v) is 9.33. The molecule has 3 rings (SSSR count). The Labute approximate surface area is 97.7 Å². The Morgan fingerprint density at radius 2 is 2.41 bits per heavy atom. The van der Waals surface area contributed by atoms with Crippen LogP contribution in [0.2, 0.25) is 0 Å². The van der Waals surface area contributed by atoms with Crippen LogP contribution < -0.4 is 4.90 Å². The van der Waals surface area contributed by atoms with Crippen molar-refractivity contribution in [2.75, 3.05) is 11.9 Å². The molecule has 1 aromatic carbocycles. The topological polar surface area (TPSA) is 66.6 Å². The molecule has 1 aliphatic rings. The molecular formula is C12H12N2O3. The summed E-state index contributed by atoms with van der Waals surface area (Å²) < 4.78 is 5.23. The van der Waals surface area contributed by atoms with Crippen LogP contribution in [0.3, 0.4) is 0 Å². The summed E-state index contributed by atoms with van der Waals surface area (Å²) >= 11 is 0. The Bertz CT molecular complexity index is 578. The van der Waals surface area contributed by atoms with E-state index in [9.17, 15) is 4.79 Å². The Morgan fingerprint density at radius 1 is 1.59 bits per heavy atom. The molecule has 1 aromatic heterocycles. The van der Waals surface area contributed by atoms with Crippen molar-refractivity contribution in [3.05, 3.63) is 24.6 Å². The van der Waals surface area contributed by atoms with Crippen LogP contribution in [0.25, 0.3) is 11.1 Å². The maximum Gasteiger partial charge on any atom is 0.308 e. The third kappa shape index (κ3) is 1.63. The van der Waals surface area contributed by atoms with Crippen LogP contribution >= 0.6 is 0 Å². The minimum absolute atomic E-state index is 0.0906. The third-order valence-electron chi connectivity index (χ3n) is 3.29. The Balaban J connectivity index is 1.86. The molecule has 2 unspecified atom stereocenters. The average molecular weight is 232 g/mol. The normalized spacial score (nSPS) is 22.6. The van der Waals surface area contributed by atoms with Crippen LogP contribution in [0, 0.1) is 5.92 Å². The van der Waals surface area contributed by atoms with E-state index in [2.05, 4.69) is 4.98 Å². The van der Waals surface area contributed by atoms with Crippen molar-refractivity contribution in [3.8, 4) is 0 Å². The van der Waals surface area contributed by atoms with Crippen LogP contribution in [0.5, 0.6) is 0 Å². The largest absolute Gasteiger partial charge is 0.481 e. The number of rotatable bonds is 3. The highest BCUT2D eigenvalue weighted by Gasteiger charge is 2.46. The molecule has 0 spiro atoms. The van der Waals surface area contributed by atoms with E-state index in [1.165, 1.54) is 6.39 Å². The van der Waals surface area contributed by atoms with Crippen molar-refractivity contribution in [1.29, 1.82) is 0 Å². The number of carboxylic acid groups (broad SMARTS) is 1. The van der Waals surface area contributed by atoms with Gasteiger partial charge in [0, 0.05) is 24.8 Å². The van der Waals surface area contributed by atoms with Gasteiger partial charge in [0.15, 0.2) is 12.0 Å². The predicted molar refractivity (Wildman–Crippen MR) is 61.9 cm³/mol. The van der Waals surface area contributed by atoms with Crippen LogP contribution in [-0.2, 0) is 4.79 Å². The zero-order chi connectivity index (χ0) is 12.0. The molecule has 0 aliphatic heterocycles. The number of carbonyl (C=O) groups is 1. The number of hydrogen-bond acceptors (Lipinski definition) is 4. The fourth-order valence-electron chi connectivity index (χ4n) is 2.13. The van der Waals surface area contributed by atoms with E-state index in [-0.39, 0.29) is 12.0 Å². The first-order valence-electron chi connectivity index (χ1n) is 5.45. The van der Waals surface area contributed by atoms with Gasteiger partial charge in [0.2, 0.25) is 0 Å². The number of aromatic nitrogens is 1. The lowest BCUT2D eigenvalue weighted by atomic mass is 10.2. The van der Waals surface area contributed by atoms with Gasteiger partial charge in [-0.25, -0.2) is 4.98 Å². The van der Waals surface area contributed by atoms with Crippen LogP contribution in [0.15, 0.2) is 29.0 Å².